The van der Waals surface area contributed by atoms with E-state index in [1.807, 2.05) is 66.7 Å². The normalized spacial score (nSPS) is 16.7. The first-order chi connectivity index (χ1) is 19.9. The molecule has 2 aromatic heterocycles. The molecule has 5 aromatic rings. The number of ether oxygens (including phenoxy) is 2. The summed E-state index contributed by atoms with van der Waals surface area (Å²) in [5.41, 5.74) is 5.02. The molecule has 0 saturated carbocycles. The summed E-state index contributed by atoms with van der Waals surface area (Å²) in [7, 11) is 0. The number of nitrogens with one attached hydrogen (secondary N) is 1. The quantitative estimate of drug-likeness (QED) is 0.279. The molecule has 7 nitrogen and oxygen atoms in total. The number of nitrogens with zero attached hydrogens (tertiary/aromatic N) is 3. The van der Waals surface area contributed by atoms with Crippen molar-refractivity contribution in [2.45, 2.75) is 25.2 Å². The minimum Gasteiger partial charge on any atom is -0.435 e. The molecule has 1 amide bonds. The van der Waals surface area contributed by atoms with Gasteiger partial charge in [0.15, 0.2) is 11.6 Å². The third-order valence-corrected chi connectivity index (χ3v) is 8.16. The zero-order chi connectivity index (χ0) is 28.1. The van der Waals surface area contributed by atoms with Crippen molar-refractivity contribution >= 4 is 16.9 Å². The highest BCUT2D eigenvalue weighted by atomic mass is 19.1. The average molecular weight is 549 g/mol. The smallest absolute Gasteiger partial charge is 0.254 e. The molecule has 7 rings (SSSR count). The molecule has 0 radical (unpaired) electrons. The summed E-state index contributed by atoms with van der Waals surface area (Å²) in [6, 6.07) is 24.3. The predicted octanol–water partition coefficient (Wildman–Crippen LogP) is 6.45. The van der Waals surface area contributed by atoms with Crippen molar-refractivity contribution in [2.24, 2.45) is 0 Å². The van der Waals surface area contributed by atoms with Crippen LogP contribution in [0.3, 0.4) is 0 Å². The Hall–Kier alpha value is -4.56. The van der Waals surface area contributed by atoms with Gasteiger partial charge in [-0.1, -0.05) is 56.3 Å². The van der Waals surface area contributed by atoms with Crippen molar-refractivity contribution in [3.63, 3.8) is 0 Å². The molecule has 0 bridgehead atoms. The number of rotatable bonds is 4. The van der Waals surface area contributed by atoms with Crippen LogP contribution in [0.15, 0.2) is 78.9 Å². The maximum atomic E-state index is 15.2. The predicted molar refractivity (Wildman–Crippen MR) is 154 cm³/mol. The fraction of sp³-hybridized carbons (Fsp3) is 0.242. The summed E-state index contributed by atoms with van der Waals surface area (Å²) < 4.78 is 26.7. The van der Waals surface area contributed by atoms with E-state index in [0.717, 1.165) is 33.5 Å². The van der Waals surface area contributed by atoms with Gasteiger partial charge in [-0.2, -0.15) is 0 Å². The molecular formula is C33H29FN4O3. The summed E-state index contributed by atoms with van der Waals surface area (Å²) >= 11 is 0. The molecule has 1 fully saturated rings. The number of amides is 1. The van der Waals surface area contributed by atoms with E-state index in [9.17, 15) is 4.79 Å². The second kappa shape index (κ2) is 9.82. The number of fused-ring (bicyclic) bond motifs is 3. The molecule has 41 heavy (non-hydrogen) atoms. The number of carbonyl (C=O) groups excluding carboxylic acids is 1. The van der Waals surface area contributed by atoms with Crippen molar-refractivity contribution in [1.82, 2.24) is 19.9 Å². The van der Waals surface area contributed by atoms with E-state index in [4.69, 9.17) is 19.4 Å². The number of hydrogen-bond acceptors (Lipinski definition) is 5. The van der Waals surface area contributed by atoms with Gasteiger partial charge in [0.25, 0.3) is 5.91 Å². The minimum absolute atomic E-state index is 0.00988. The van der Waals surface area contributed by atoms with Gasteiger partial charge < -0.3 is 19.4 Å². The van der Waals surface area contributed by atoms with Gasteiger partial charge in [-0.05, 0) is 36.4 Å². The topological polar surface area (TPSA) is 80.3 Å². The lowest BCUT2D eigenvalue weighted by Gasteiger charge is -2.37. The molecule has 0 spiro atoms. The molecule has 1 N–H and O–H groups in total. The van der Waals surface area contributed by atoms with E-state index < -0.39 is 11.2 Å². The molecule has 1 atom stereocenters. The number of H-pyrrole nitrogens is 1. The van der Waals surface area contributed by atoms with E-state index >= 15 is 4.39 Å². The number of pyridine rings is 1. The molecule has 2 aliphatic rings. The Balaban J connectivity index is 1.27. The highest BCUT2D eigenvalue weighted by Crippen LogP contribution is 2.52. The van der Waals surface area contributed by atoms with Gasteiger partial charge in [-0.15, -0.1) is 0 Å². The maximum absolute atomic E-state index is 15.2. The van der Waals surface area contributed by atoms with Crippen LogP contribution in [0.5, 0.6) is 11.6 Å². The first-order valence-corrected chi connectivity index (χ1v) is 13.8. The Morgan fingerprint density at radius 3 is 2.49 bits per heavy atom. The average Bonchev–Trinajstić information content (AvgIpc) is 3.46. The Bertz CT molecular complexity index is 1740. The summed E-state index contributed by atoms with van der Waals surface area (Å²) in [5, 5.41) is 0. The van der Waals surface area contributed by atoms with Crippen LogP contribution in [-0.4, -0.2) is 52.1 Å². The third kappa shape index (κ3) is 4.35. The lowest BCUT2D eigenvalue weighted by atomic mass is 9.69. The van der Waals surface area contributed by atoms with Crippen LogP contribution in [0.4, 0.5) is 4.39 Å². The van der Waals surface area contributed by atoms with Crippen molar-refractivity contribution in [2.75, 3.05) is 26.3 Å². The zero-order valence-electron chi connectivity index (χ0n) is 22.9. The van der Waals surface area contributed by atoms with Crippen LogP contribution < -0.4 is 4.74 Å². The van der Waals surface area contributed by atoms with Gasteiger partial charge in [-0.3, -0.25) is 4.79 Å². The molecule has 4 heterocycles. The second-order valence-electron chi connectivity index (χ2n) is 11.1. The Labute approximate surface area is 237 Å². The summed E-state index contributed by atoms with van der Waals surface area (Å²) in [6.07, 6.45) is 0. The monoisotopic (exact) mass is 548 g/mol. The van der Waals surface area contributed by atoms with Crippen LogP contribution in [0, 0.1) is 5.82 Å². The third-order valence-electron chi connectivity index (χ3n) is 8.16. The van der Waals surface area contributed by atoms with E-state index in [-0.39, 0.29) is 17.6 Å². The van der Waals surface area contributed by atoms with Crippen molar-refractivity contribution in [3.8, 4) is 22.9 Å². The number of hydrogen-bond donors (Lipinski definition) is 1. The second-order valence-corrected chi connectivity index (χ2v) is 11.1. The first-order valence-electron chi connectivity index (χ1n) is 13.8. The molecule has 206 valence electrons. The van der Waals surface area contributed by atoms with Crippen LogP contribution in [0.1, 0.15) is 47.1 Å². The van der Waals surface area contributed by atoms with Gasteiger partial charge in [0, 0.05) is 46.7 Å². The first kappa shape index (κ1) is 25.4. The van der Waals surface area contributed by atoms with Gasteiger partial charge in [0.1, 0.15) is 5.82 Å². The summed E-state index contributed by atoms with van der Waals surface area (Å²) in [5.74, 6) is 0.637. The largest absolute Gasteiger partial charge is 0.435 e. The van der Waals surface area contributed by atoms with Gasteiger partial charge >= 0.3 is 0 Å². The van der Waals surface area contributed by atoms with E-state index in [1.165, 1.54) is 6.07 Å². The number of carbonyl (C=O) groups is 1. The van der Waals surface area contributed by atoms with Gasteiger partial charge in [-0.25, -0.2) is 14.4 Å². The van der Waals surface area contributed by atoms with Gasteiger partial charge in [0.05, 0.1) is 29.9 Å². The molecule has 0 aliphatic carbocycles. The highest BCUT2D eigenvalue weighted by molar-refractivity contribution is 5.94. The number of halogens is 1. The van der Waals surface area contributed by atoms with Crippen molar-refractivity contribution in [3.05, 3.63) is 107 Å². The molecule has 1 saturated heterocycles. The number of imidazole rings is 1. The summed E-state index contributed by atoms with van der Waals surface area (Å²) in [4.78, 5) is 27.9. The lowest BCUT2D eigenvalue weighted by Crippen LogP contribution is -2.40. The number of aromatic amines is 1. The van der Waals surface area contributed by atoms with E-state index in [0.29, 0.717) is 43.4 Å². The molecule has 2 aliphatic heterocycles. The lowest BCUT2D eigenvalue weighted by molar-refractivity contribution is 0.0303. The van der Waals surface area contributed by atoms with Crippen LogP contribution >= 0.6 is 0 Å². The fourth-order valence-corrected chi connectivity index (χ4v) is 5.94. The Kier molecular flexibility index (Phi) is 6.08. The van der Waals surface area contributed by atoms with Crippen LogP contribution in [-0.2, 0) is 10.2 Å². The van der Waals surface area contributed by atoms with Crippen LogP contribution in [0.2, 0.25) is 0 Å². The van der Waals surface area contributed by atoms with Crippen LogP contribution in [0.25, 0.3) is 22.3 Å². The highest BCUT2D eigenvalue weighted by Gasteiger charge is 2.43. The van der Waals surface area contributed by atoms with E-state index in [2.05, 4.69) is 18.8 Å². The Morgan fingerprint density at radius 1 is 0.927 bits per heavy atom. The number of benzene rings is 3. The maximum Gasteiger partial charge on any atom is 0.254 e. The van der Waals surface area contributed by atoms with Crippen molar-refractivity contribution < 1.29 is 18.7 Å². The number of morpholine rings is 1. The SMILES string of the molecule is CC(C)(c1nc2ccccc2[nH]1)[C@@H]1c2ccc(-c3ccc(C(=O)N4CCOCC4)cc3)nc2Oc2c(F)cccc21. The minimum atomic E-state index is -0.551. The molecular weight excluding hydrogens is 519 g/mol. The zero-order valence-corrected chi connectivity index (χ0v) is 22.9. The summed E-state index contributed by atoms with van der Waals surface area (Å²) in [6.45, 7) is 6.51. The molecule has 8 heteroatoms. The standard InChI is InChI=1S/C33H29FN4O3/c1-33(2,32-36-26-8-3-4-9-27(26)37-32)28-22-6-5-7-24(34)29(22)41-30-23(28)14-15-25(35-30)20-10-12-21(13-11-20)31(39)38-16-18-40-19-17-38/h3-15,28H,16-19H2,1-2H3,(H,36,37)/t28-/m0/s1. The molecule has 0 unspecified atom stereocenters. The van der Waals surface area contributed by atoms with E-state index in [1.54, 1.807) is 11.0 Å². The Morgan fingerprint density at radius 2 is 1.71 bits per heavy atom. The molecule has 3 aromatic carbocycles. The van der Waals surface area contributed by atoms with Gasteiger partial charge in [0.2, 0.25) is 5.88 Å². The number of aromatic nitrogens is 3. The van der Waals surface area contributed by atoms with Crippen molar-refractivity contribution in [1.29, 1.82) is 0 Å². The fourth-order valence-electron chi connectivity index (χ4n) is 5.94. The number of para-hydroxylation sites is 3.